The van der Waals surface area contributed by atoms with Gasteiger partial charge in [-0.3, -0.25) is 4.99 Å². The summed E-state index contributed by atoms with van der Waals surface area (Å²) in [6.45, 7) is 4.26. The Morgan fingerprint density at radius 2 is 2.00 bits per heavy atom. The zero-order chi connectivity index (χ0) is 16.1. The van der Waals surface area contributed by atoms with E-state index in [0.717, 1.165) is 20.9 Å². The van der Waals surface area contributed by atoms with Gasteiger partial charge in [0.1, 0.15) is 5.75 Å². The van der Waals surface area contributed by atoms with Crippen LogP contribution in [-0.2, 0) is 0 Å². The lowest BCUT2D eigenvalue weighted by atomic mass is 10.2. The van der Waals surface area contributed by atoms with E-state index in [1.807, 2.05) is 28.3 Å². The summed E-state index contributed by atoms with van der Waals surface area (Å²) in [5.74, 6) is 0.242. The fourth-order valence-corrected chi connectivity index (χ4v) is 3.58. The van der Waals surface area contributed by atoms with Crippen LogP contribution in [-0.4, -0.2) is 22.5 Å². The molecule has 0 saturated heterocycles. The third-order valence-corrected chi connectivity index (χ3v) is 4.78. The molecule has 0 aliphatic carbocycles. The van der Waals surface area contributed by atoms with Gasteiger partial charge in [-0.05, 0) is 41.3 Å². The normalized spacial score (nSPS) is 12.1. The van der Waals surface area contributed by atoms with Gasteiger partial charge in [-0.2, -0.15) is 5.10 Å². The van der Waals surface area contributed by atoms with Crippen molar-refractivity contribution >= 4 is 28.9 Å². The highest BCUT2D eigenvalue weighted by molar-refractivity contribution is 7.14. The Hall–Kier alpha value is -2.44. The van der Waals surface area contributed by atoms with Crippen molar-refractivity contribution in [1.82, 2.24) is 4.68 Å². The fourth-order valence-electron chi connectivity index (χ4n) is 1.94. The highest BCUT2D eigenvalue weighted by atomic mass is 32.1. The quantitative estimate of drug-likeness (QED) is 0.554. The molecular weight excluding hydrogens is 326 g/mol. The number of thiazole rings is 1. The number of aromatic hydroxyl groups is 1. The van der Waals surface area contributed by atoms with Crippen molar-refractivity contribution in [3.05, 3.63) is 70.2 Å². The Labute approximate surface area is 142 Å². The van der Waals surface area contributed by atoms with Crippen molar-refractivity contribution < 1.29 is 5.11 Å². The molecule has 3 aromatic rings. The number of aromatic nitrogens is 1. The summed E-state index contributed by atoms with van der Waals surface area (Å²) >= 11 is 3.22. The Kier molecular flexibility index (Phi) is 4.85. The molecule has 0 spiro atoms. The van der Waals surface area contributed by atoms with Crippen molar-refractivity contribution in [2.75, 3.05) is 6.54 Å². The molecule has 23 heavy (non-hydrogen) atoms. The van der Waals surface area contributed by atoms with Crippen LogP contribution in [0.4, 0.5) is 0 Å². The van der Waals surface area contributed by atoms with E-state index < -0.39 is 0 Å². The van der Waals surface area contributed by atoms with Gasteiger partial charge in [-0.1, -0.05) is 12.1 Å². The molecule has 0 fully saturated rings. The summed E-state index contributed by atoms with van der Waals surface area (Å²) < 4.78 is 1.84. The maximum absolute atomic E-state index is 9.35. The van der Waals surface area contributed by atoms with E-state index in [4.69, 9.17) is 0 Å². The van der Waals surface area contributed by atoms with Gasteiger partial charge < -0.3 is 5.11 Å². The first-order valence-corrected chi connectivity index (χ1v) is 8.73. The number of hydrogen-bond donors (Lipinski definition) is 1. The van der Waals surface area contributed by atoms with Gasteiger partial charge in [-0.15, -0.1) is 29.3 Å². The number of phenols is 1. The number of phenolic OH excluding ortho intramolecular Hbond substituents is 1. The predicted molar refractivity (Wildman–Crippen MR) is 97.3 cm³/mol. The molecule has 0 aliphatic heterocycles. The minimum atomic E-state index is 0.242. The largest absolute Gasteiger partial charge is 0.508 e. The lowest BCUT2D eigenvalue weighted by molar-refractivity contribution is 0.475. The van der Waals surface area contributed by atoms with Crippen LogP contribution in [0.2, 0.25) is 0 Å². The molecule has 116 valence electrons. The van der Waals surface area contributed by atoms with Crippen LogP contribution in [0.3, 0.4) is 0 Å². The molecule has 0 unspecified atom stereocenters. The minimum absolute atomic E-state index is 0.242. The highest BCUT2D eigenvalue weighted by Gasteiger charge is 2.07. The van der Waals surface area contributed by atoms with Gasteiger partial charge in [0.05, 0.1) is 23.3 Å². The van der Waals surface area contributed by atoms with E-state index in [-0.39, 0.29) is 5.75 Å². The molecule has 3 rings (SSSR count). The molecule has 1 aromatic carbocycles. The Bertz CT molecular complexity index is 871. The fraction of sp³-hybridized carbons (Fsp3) is 0.0588. The van der Waals surface area contributed by atoms with E-state index in [0.29, 0.717) is 6.54 Å². The number of rotatable bonds is 5. The maximum Gasteiger partial charge on any atom is 0.206 e. The van der Waals surface area contributed by atoms with Crippen molar-refractivity contribution in [1.29, 1.82) is 0 Å². The van der Waals surface area contributed by atoms with E-state index in [1.165, 1.54) is 0 Å². The lowest BCUT2D eigenvalue weighted by Crippen LogP contribution is -2.12. The number of nitrogens with zero attached hydrogens (tertiary/aromatic N) is 3. The summed E-state index contributed by atoms with van der Waals surface area (Å²) in [6, 6.07) is 11.0. The molecule has 1 N–H and O–H groups in total. The van der Waals surface area contributed by atoms with E-state index in [2.05, 4.69) is 28.1 Å². The molecule has 2 aromatic heterocycles. The number of hydrogen-bond acceptors (Lipinski definition) is 5. The molecule has 0 saturated carbocycles. The Balaban J connectivity index is 2.03. The van der Waals surface area contributed by atoms with Crippen LogP contribution in [0, 0.1) is 0 Å². The molecule has 0 aliphatic rings. The topological polar surface area (TPSA) is 49.9 Å². The van der Waals surface area contributed by atoms with E-state index in [1.54, 1.807) is 47.1 Å². The van der Waals surface area contributed by atoms with Gasteiger partial charge >= 0.3 is 0 Å². The summed E-state index contributed by atoms with van der Waals surface area (Å²) in [6.07, 6.45) is 3.52. The van der Waals surface area contributed by atoms with Gasteiger partial charge in [0, 0.05) is 5.38 Å². The molecule has 2 heterocycles. The average Bonchev–Trinajstić information content (AvgIpc) is 3.21. The summed E-state index contributed by atoms with van der Waals surface area (Å²) in [4.78, 5) is 6.46. The smallest absolute Gasteiger partial charge is 0.206 e. The van der Waals surface area contributed by atoms with E-state index in [9.17, 15) is 5.11 Å². The highest BCUT2D eigenvalue weighted by Crippen LogP contribution is 2.25. The Morgan fingerprint density at radius 3 is 2.70 bits per heavy atom. The maximum atomic E-state index is 9.35. The van der Waals surface area contributed by atoms with Crippen LogP contribution in [0.25, 0.3) is 10.6 Å². The van der Waals surface area contributed by atoms with Gasteiger partial charge in [0.2, 0.25) is 4.80 Å². The molecule has 0 amide bonds. The molecule has 0 bridgehead atoms. The van der Waals surface area contributed by atoms with Gasteiger partial charge in [0.15, 0.2) is 0 Å². The Morgan fingerprint density at radius 1 is 1.17 bits per heavy atom. The average molecular weight is 341 g/mol. The zero-order valence-electron chi connectivity index (χ0n) is 12.3. The third-order valence-electron chi connectivity index (χ3n) is 3.03. The summed E-state index contributed by atoms with van der Waals surface area (Å²) in [7, 11) is 0. The molecule has 0 radical (unpaired) electrons. The predicted octanol–water partition coefficient (Wildman–Crippen LogP) is 3.95. The SMILES string of the molecule is C=CCN=c1scc(-c2cccs2)n1N=Cc1ccc(O)cc1. The van der Waals surface area contributed by atoms with Crippen molar-refractivity contribution in [3.8, 4) is 16.3 Å². The van der Waals surface area contributed by atoms with Crippen LogP contribution in [0.5, 0.6) is 5.75 Å². The minimum Gasteiger partial charge on any atom is -0.508 e. The summed E-state index contributed by atoms with van der Waals surface area (Å²) in [5.41, 5.74) is 1.93. The molecule has 4 nitrogen and oxygen atoms in total. The lowest BCUT2D eigenvalue weighted by Gasteiger charge is -2.01. The second-order valence-electron chi connectivity index (χ2n) is 4.66. The van der Waals surface area contributed by atoms with E-state index >= 15 is 0 Å². The third kappa shape index (κ3) is 3.67. The van der Waals surface area contributed by atoms with Crippen LogP contribution >= 0.6 is 22.7 Å². The second kappa shape index (κ2) is 7.21. The number of thiophene rings is 1. The van der Waals surface area contributed by atoms with Crippen LogP contribution < -0.4 is 4.80 Å². The zero-order valence-corrected chi connectivity index (χ0v) is 13.9. The van der Waals surface area contributed by atoms with Gasteiger partial charge in [-0.25, -0.2) is 4.68 Å². The van der Waals surface area contributed by atoms with Crippen molar-refractivity contribution in [3.63, 3.8) is 0 Å². The van der Waals surface area contributed by atoms with Crippen molar-refractivity contribution in [2.24, 2.45) is 10.1 Å². The molecule has 0 atom stereocenters. The monoisotopic (exact) mass is 341 g/mol. The first kappa shape index (κ1) is 15.5. The molecular formula is C17H15N3OS2. The standard InChI is InChI=1S/C17H15N3OS2/c1-2-9-18-17-20(15(12-23-17)16-4-3-10-22-16)19-11-13-5-7-14(21)8-6-13/h2-8,10-12,21H,1,9H2. The molecule has 6 heteroatoms. The first-order valence-electron chi connectivity index (χ1n) is 6.97. The second-order valence-corrected chi connectivity index (χ2v) is 6.44. The summed E-state index contributed by atoms with van der Waals surface area (Å²) in [5, 5.41) is 18.0. The van der Waals surface area contributed by atoms with Crippen LogP contribution in [0.15, 0.2) is 69.9 Å². The number of benzene rings is 1. The van der Waals surface area contributed by atoms with Gasteiger partial charge in [0.25, 0.3) is 0 Å². The first-order chi connectivity index (χ1) is 11.3. The van der Waals surface area contributed by atoms with Crippen molar-refractivity contribution in [2.45, 2.75) is 0 Å². The van der Waals surface area contributed by atoms with Crippen LogP contribution in [0.1, 0.15) is 5.56 Å².